The van der Waals surface area contributed by atoms with E-state index in [9.17, 15) is 4.79 Å². The van der Waals surface area contributed by atoms with Crippen LogP contribution in [0, 0.1) is 0 Å². The van der Waals surface area contributed by atoms with Crippen LogP contribution in [-0.2, 0) is 12.8 Å². The molecule has 1 unspecified atom stereocenters. The Balaban J connectivity index is 1.81. The zero-order valence-corrected chi connectivity index (χ0v) is 12.0. The molecule has 0 radical (unpaired) electrons. The molecule has 1 heterocycles. The van der Waals surface area contributed by atoms with Gasteiger partial charge in [0.05, 0.1) is 5.56 Å². The first kappa shape index (κ1) is 13.7. The van der Waals surface area contributed by atoms with Crippen LogP contribution in [0.5, 0.6) is 5.75 Å². The summed E-state index contributed by atoms with van der Waals surface area (Å²) in [5.74, 6) is 0.0503. The Labute approximate surface area is 124 Å². The van der Waals surface area contributed by atoms with E-state index in [1.54, 1.807) is 12.1 Å². The fourth-order valence-corrected chi connectivity index (χ4v) is 2.74. The Hall–Kier alpha value is -2.29. The molecule has 2 aromatic rings. The minimum Gasteiger partial charge on any atom is -0.485 e. The normalized spacial score (nSPS) is 16.9. The molecule has 0 aromatic heterocycles. The molecule has 0 spiro atoms. The number of benzene rings is 2. The Morgan fingerprint density at radius 2 is 2.00 bits per heavy atom. The summed E-state index contributed by atoms with van der Waals surface area (Å²) >= 11 is 0. The summed E-state index contributed by atoms with van der Waals surface area (Å²) in [6.45, 7) is 2.15. The molecule has 21 heavy (non-hydrogen) atoms. The third-order valence-electron chi connectivity index (χ3n) is 4.01. The lowest BCUT2D eigenvalue weighted by Crippen LogP contribution is -2.15. The maximum Gasteiger partial charge on any atom is 0.335 e. The van der Waals surface area contributed by atoms with Gasteiger partial charge in [-0.3, -0.25) is 0 Å². The molecule has 0 saturated carbocycles. The Morgan fingerprint density at radius 1 is 1.24 bits per heavy atom. The summed E-state index contributed by atoms with van der Waals surface area (Å²) in [4.78, 5) is 10.9. The summed E-state index contributed by atoms with van der Waals surface area (Å²) in [6.07, 6.45) is 2.96. The van der Waals surface area contributed by atoms with Crippen LogP contribution in [0.3, 0.4) is 0 Å². The lowest BCUT2D eigenvalue weighted by atomic mass is 9.95. The largest absolute Gasteiger partial charge is 0.485 e. The lowest BCUT2D eigenvalue weighted by molar-refractivity contribution is 0.0696. The van der Waals surface area contributed by atoms with Gasteiger partial charge in [-0.15, -0.1) is 0 Å². The van der Waals surface area contributed by atoms with Gasteiger partial charge in [0, 0.05) is 0 Å². The fourth-order valence-electron chi connectivity index (χ4n) is 2.74. The average molecular weight is 282 g/mol. The van der Waals surface area contributed by atoms with E-state index in [0.29, 0.717) is 5.56 Å². The fraction of sp³-hybridized carbons (Fsp3) is 0.278. The highest BCUT2D eigenvalue weighted by Gasteiger charge is 2.21. The summed E-state index contributed by atoms with van der Waals surface area (Å²) in [5, 5.41) is 8.93. The van der Waals surface area contributed by atoms with E-state index in [0.717, 1.165) is 30.6 Å². The first-order chi connectivity index (χ1) is 10.2. The molecule has 0 amide bonds. The van der Waals surface area contributed by atoms with Crippen molar-refractivity contribution in [1.82, 2.24) is 0 Å². The summed E-state index contributed by atoms with van der Waals surface area (Å²) < 4.78 is 6.07. The van der Waals surface area contributed by atoms with Crippen LogP contribution in [0.1, 0.15) is 46.5 Å². The summed E-state index contributed by atoms with van der Waals surface area (Å²) in [6, 6.07) is 13.3. The maximum atomic E-state index is 10.9. The monoisotopic (exact) mass is 282 g/mol. The molecule has 3 rings (SSSR count). The van der Waals surface area contributed by atoms with Crippen molar-refractivity contribution < 1.29 is 14.6 Å². The van der Waals surface area contributed by atoms with E-state index in [4.69, 9.17) is 9.84 Å². The summed E-state index contributed by atoms with van der Waals surface area (Å²) in [5.41, 5.74) is 3.95. The van der Waals surface area contributed by atoms with Gasteiger partial charge >= 0.3 is 5.97 Å². The minimum absolute atomic E-state index is 0.00724. The van der Waals surface area contributed by atoms with Crippen molar-refractivity contribution in [2.24, 2.45) is 0 Å². The van der Waals surface area contributed by atoms with Crippen LogP contribution in [0.25, 0.3) is 0 Å². The molecule has 0 bridgehead atoms. The predicted octanol–water partition coefficient (Wildman–Crippen LogP) is 4.01. The highest BCUT2D eigenvalue weighted by atomic mass is 16.5. The van der Waals surface area contributed by atoms with Gasteiger partial charge < -0.3 is 9.84 Å². The zero-order valence-electron chi connectivity index (χ0n) is 12.0. The van der Waals surface area contributed by atoms with Crippen molar-refractivity contribution in [3.8, 4) is 5.75 Å². The van der Waals surface area contributed by atoms with Crippen LogP contribution in [-0.4, -0.2) is 11.1 Å². The number of ether oxygens (including phenoxy) is 1. The minimum atomic E-state index is -0.899. The van der Waals surface area contributed by atoms with Gasteiger partial charge in [0.1, 0.15) is 11.9 Å². The molecule has 0 aliphatic carbocycles. The molecule has 3 heteroatoms. The number of rotatable bonds is 3. The van der Waals surface area contributed by atoms with E-state index in [-0.39, 0.29) is 6.10 Å². The third kappa shape index (κ3) is 2.77. The van der Waals surface area contributed by atoms with Crippen molar-refractivity contribution in [3.63, 3.8) is 0 Å². The van der Waals surface area contributed by atoms with E-state index >= 15 is 0 Å². The Bertz CT molecular complexity index is 659. The zero-order chi connectivity index (χ0) is 14.8. The molecule has 0 fully saturated rings. The van der Waals surface area contributed by atoms with Crippen molar-refractivity contribution in [2.75, 3.05) is 0 Å². The van der Waals surface area contributed by atoms with Crippen LogP contribution in [0.15, 0.2) is 42.5 Å². The van der Waals surface area contributed by atoms with Gasteiger partial charge in [-0.05, 0) is 54.2 Å². The molecule has 3 nitrogen and oxygen atoms in total. The highest BCUT2D eigenvalue weighted by Crippen LogP contribution is 2.35. The number of hydrogen-bond donors (Lipinski definition) is 1. The molecular formula is C18H18O3. The van der Waals surface area contributed by atoms with Gasteiger partial charge in [0.2, 0.25) is 0 Å². The van der Waals surface area contributed by atoms with Crippen LogP contribution >= 0.6 is 0 Å². The number of hydrogen-bond acceptors (Lipinski definition) is 2. The third-order valence-corrected chi connectivity index (χ3v) is 4.01. The molecular weight excluding hydrogens is 264 g/mol. The molecule has 1 atom stereocenters. The standard InChI is InChI=1S/C18H18O3/c1-2-12-3-9-17-15(11-12)8-10-16(21-17)13-4-6-14(7-5-13)18(19)20/h3-7,9,11,16H,2,8,10H2,1H3,(H,19,20). The molecule has 2 aromatic carbocycles. The molecule has 0 saturated heterocycles. The first-order valence-electron chi connectivity index (χ1n) is 7.29. The second-order valence-corrected chi connectivity index (χ2v) is 5.37. The van der Waals surface area contributed by atoms with Crippen LogP contribution < -0.4 is 4.74 Å². The topological polar surface area (TPSA) is 46.5 Å². The quantitative estimate of drug-likeness (QED) is 0.925. The van der Waals surface area contributed by atoms with Crippen molar-refractivity contribution >= 4 is 5.97 Å². The molecule has 1 N–H and O–H groups in total. The number of carboxylic acid groups (broad SMARTS) is 1. The van der Waals surface area contributed by atoms with E-state index in [1.165, 1.54) is 11.1 Å². The van der Waals surface area contributed by atoms with Crippen molar-refractivity contribution in [1.29, 1.82) is 0 Å². The number of aryl methyl sites for hydroxylation is 2. The molecule has 1 aliphatic rings. The van der Waals surface area contributed by atoms with Gasteiger partial charge in [0.15, 0.2) is 0 Å². The maximum absolute atomic E-state index is 10.9. The molecule has 1 aliphatic heterocycles. The number of aromatic carboxylic acids is 1. The predicted molar refractivity (Wildman–Crippen MR) is 80.9 cm³/mol. The number of carboxylic acids is 1. The van der Waals surface area contributed by atoms with E-state index in [2.05, 4.69) is 19.1 Å². The van der Waals surface area contributed by atoms with Gasteiger partial charge in [0.25, 0.3) is 0 Å². The first-order valence-corrected chi connectivity index (χ1v) is 7.29. The molecule has 108 valence electrons. The summed E-state index contributed by atoms with van der Waals surface area (Å²) in [7, 11) is 0. The van der Waals surface area contributed by atoms with Crippen molar-refractivity contribution in [3.05, 3.63) is 64.7 Å². The van der Waals surface area contributed by atoms with E-state index < -0.39 is 5.97 Å². The second-order valence-electron chi connectivity index (χ2n) is 5.37. The number of carbonyl (C=O) groups is 1. The van der Waals surface area contributed by atoms with Crippen molar-refractivity contribution in [2.45, 2.75) is 32.3 Å². The average Bonchev–Trinajstić information content (AvgIpc) is 2.54. The smallest absolute Gasteiger partial charge is 0.335 e. The van der Waals surface area contributed by atoms with Crippen LogP contribution in [0.4, 0.5) is 0 Å². The van der Waals surface area contributed by atoms with Gasteiger partial charge in [-0.1, -0.05) is 31.2 Å². The van der Waals surface area contributed by atoms with Gasteiger partial charge in [-0.25, -0.2) is 4.79 Å². The second kappa shape index (κ2) is 5.60. The van der Waals surface area contributed by atoms with Gasteiger partial charge in [-0.2, -0.15) is 0 Å². The lowest BCUT2D eigenvalue weighted by Gasteiger charge is -2.27. The number of fused-ring (bicyclic) bond motifs is 1. The Kier molecular flexibility index (Phi) is 3.65. The van der Waals surface area contributed by atoms with Crippen LogP contribution in [0.2, 0.25) is 0 Å². The Morgan fingerprint density at radius 3 is 2.67 bits per heavy atom. The highest BCUT2D eigenvalue weighted by molar-refractivity contribution is 5.87. The van der Waals surface area contributed by atoms with E-state index in [1.807, 2.05) is 18.2 Å². The SMILES string of the molecule is CCc1ccc2c(c1)CCC(c1ccc(C(=O)O)cc1)O2.